The number of carbonyl (C=O) groups is 2. The fourth-order valence-electron chi connectivity index (χ4n) is 3.91. The number of nitrogens with zero attached hydrogens (tertiary/aromatic N) is 2. The molecule has 0 radical (unpaired) electrons. The summed E-state index contributed by atoms with van der Waals surface area (Å²) in [4.78, 5) is 44.0. The van der Waals surface area contributed by atoms with E-state index in [4.69, 9.17) is 4.74 Å². The van der Waals surface area contributed by atoms with Crippen LogP contribution in [0.1, 0.15) is 32.7 Å². The molecule has 4 aromatic rings. The second kappa shape index (κ2) is 9.31. The van der Waals surface area contributed by atoms with Crippen LogP contribution in [0, 0.1) is 20.8 Å². The van der Waals surface area contributed by atoms with Crippen molar-refractivity contribution >= 4 is 28.4 Å². The molecule has 4 rings (SSSR count). The summed E-state index contributed by atoms with van der Waals surface area (Å²) < 4.78 is 6.76. The van der Waals surface area contributed by atoms with Crippen LogP contribution in [0.2, 0.25) is 0 Å². The van der Waals surface area contributed by atoms with Gasteiger partial charge in [0.15, 0.2) is 5.78 Å². The third-order valence-corrected chi connectivity index (χ3v) is 5.70. The quantitative estimate of drug-likeness (QED) is 0.440. The third kappa shape index (κ3) is 4.45. The Hall–Kier alpha value is -4.26. The summed E-state index contributed by atoms with van der Waals surface area (Å²) in [5, 5.41) is 3.23. The highest BCUT2D eigenvalue weighted by molar-refractivity contribution is 6.10. The molecule has 1 amide bonds. The molecule has 2 aromatic carbocycles. The highest BCUT2D eigenvalue weighted by Gasteiger charge is 2.20. The number of hydrogen-bond donors (Lipinski definition) is 1. The zero-order valence-corrected chi connectivity index (χ0v) is 19.5. The number of fused-ring (bicyclic) bond motifs is 1. The first-order valence-electron chi connectivity index (χ1n) is 10.8. The van der Waals surface area contributed by atoms with Gasteiger partial charge >= 0.3 is 0 Å². The summed E-state index contributed by atoms with van der Waals surface area (Å²) >= 11 is 0. The van der Waals surface area contributed by atoms with E-state index in [1.807, 2.05) is 32.0 Å². The van der Waals surface area contributed by atoms with E-state index in [9.17, 15) is 14.4 Å². The molecule has 0 aliphatic heterocycles. The molecule has 0 aliphatic carbocycles. The summed E-state index contributed by atoms with van der Waals surface area (Å²) in [6.07, 6.45) is 1.42. The Labute approximate surface area is 197 Å². The molecule has 34 heavy (non-hydrogen) atoms. The maximum absolute atomic E-state index is 13.3. The molecule has 0 spiro atoms. The topological polar surface area (TPSA) is 90.3 Å². The van der Waals surface area contributed by atoms with Crippen molar-refractivity contribution in [2.24, 2.45) is 0 Å². The number of pyridine rings is 2. The molecule has 1 N–H and O–H groups in total. The van der Waals surface area contributed by atoms with Crippen LogP contribution >= 0.6 is 0 Å². The van der Waals surface area contributed by atoms with Gasteiger partial charge in [0.2, 0.25) is 11.3 Å². The first kappa shape index (κ1) is 22.9. The summed E-state index contributed by atoms with van der Waals surface area (Å²) in [6, 6.07) is 15.7. The number of para-hydroxylation sites is 1. The largest absolute Gasteiger partial charge is 0.497 e. The molecule has 0 saturated carbocycles. The molecule has 0 bridgehead atoms. The van der Waals surface area contributed by atoms with E-state index in [2.05, 4.69) is 10.3 Å². The lowest BCUT2D eigenvalue weighted by Gasteiger charge is -2.15. The number of aryl methyl sites for hydroxylation is 3. The molecule has 0 unspecified atom stereocenters. The zero-order chi connectivity index (χ0) is 24.4. The van der Waals surface area contributed by atoms with Crippen LogP contribution in [0.4, 0.5) is 5.69 Å². The number of rotatable bonds is 6. The van der Waals surface area contributed by atoms with E-state index in [0.29, 0.717) is 22.7 Å². The second-order valence-electron chi connectivity index (χ2n) is 8.20. The van der Waals surface area contributed by atoms with Crippen LogP contribution in [-0.4, -0.2) is 28.4 Å². The maximum Gasteiger partial charge on any atom is 0.244 e. The summed E-state index contributed by atoms with van der Waals surface area (Å²) in [7, 11) is 1.51. The number of benzene rings is 2. The fourth-order valence-corrected chi connectivity index (χ4v) is 3.91. The lowest BCUT2D eigenvalue weighted by molar-refractivity contribution is -0.116. The molecule has 0 saturated heterocycles. The zero-order valence-electron chi connectivity index (χ0n) is 19.5. The Morgan fingerprint density at radius 1 is 1.00 bits per heavy atom. The number of ether oxygens (including phenoxy) is 1. The van der Waals surface area contributed by atoms with Crippen LogP contribution in [0.5, 0.6) is 5.75 Å². The van der Waals surface area contributed by atoms with E-state index in [0.717, 1.165) is 16.8 Å². The standard InChI is InChI=1S/C27H25N3O4/c1-16-7-5-8-17(2)24(16)29-23(31)15-30-14-22(25(32)19-9-6-10-20(13-19)34-4)26(33)21-12-11-18(3)28-27(21)30/h5-14H,15H2,1-4H3,(H,29,31). The van der Waals surface area contributed by atoms with Gasteiger partial charge in [0.1, 0.15) is 17.9 Å². The van der Waals surface area contributed by atoms with Crippen LogP contribution in [-0.2, 0) is 11.3 Å². The van der Waals surface area contributed by atoms with Crippen molar-refractivity contribution in [1.82, 2.24) is 9.55 Å². The van der Waals surface area contributed by atoms with Crippen LogP contribution in [0.25, 0.3) is 11.0 Å². The number of aromatic nitrogens is 2. The van der Waals surface area contributed by atoms with E-state index < -0.39 is 11.2 Å². The molecule has 7 nitrogen and oxygen atoms in total. The van der Waals surface area contributed by atoms with Gasteiger partial charge in [-0.25, -0.2) is 4.98 Å². The average molecular weight is 456 g/mol. The molecular formula is C27H25N3O4. The lowest BCUT2D eigenvalue weighted by Crippen LogP contribution is -2.25. The number of ketones is 1. The van der Waals surface area contributed by atoms with Gasteiger partial charge in [-0.2, -0.15) is 0 Å². The SMILES string of the molecule is COc1cccc(C(=O)c2cn(CC(=O)Nc3c(C)cccc3C)c3nc(C)ccc3c2=O)c1. The minimum absolute atomic E-state index is 0.0359. The number of anilines is 1. The lowest BCUT2D eigenvalue weighted by atomic mass is 10.0. The van der Waals surface area contributed by atoms with Crippen molar-refractivity contribution in [3.8, 4) is 5.75 Å². The second-order valence-corrected chi connectivity index (χ2v) is 8.20. The van der Waals surface area contributed by atoms with E-state index >= 15 is 0 Å². The van der Waals surface area contributed by atoms with Crippen molar-refractivity contribution in [2.75, 3.05) is 12.4 Å². The number of carbonyl (C=O) groups excluding carboxylic acids is 2. The normalized spacial score (nSPS) is 10.8. The van der Waals surface area contributed by atoms with Gasteiger partial charge in [-0.1, -0.05) is 30.3 Å². The fraction of sp³-hybridized carbons (Fsp3) is 0.185. The van der Waals surface area contributed by atoms with Crippen molar-refractivity contribution < 1.29 is 14.3 Å². The van der Waals surface area contributed by atoms with Gasteiger partial charge in [-0.05, 0) is 56.2 Å². The predicted molar refractivity (Wildman–Crippen MR) is 132 cm³/mol. The monoisotopic (exact) mass is 455 g/mol. The summed E-state index contributed by atoms with van der Waals surface area (Å²) in [5.74, 6) is -0.224. The molecule has 172 valence electrons. The Morgan fingerprint density at radius 2 is 1.71 bits per heavy atom. The minimum atomic E-state index is -0.449. The van der Waals surface area contributed by atoms with Crippen molar-refractivity contribution in [3.05, 3.63) is 99.0 Å². The van der Waals surface area contributed by atoms with E-state index in [1.165, 1.54) is 13.3 Å². The van der Waals surface area contributed by atoms with Crippen molar-refractivity contribution in [3.63, 3.8) is 0 Å². The number of amides is 1. The third-order valence-electron chi connectivity index (χ3n) is 5.70. The van der Waals surface area contributed by atoms with Gasteiger partial charge in [0.05, 0.1) is 18.1 Å². The Bertz CT molecular complexity index is 1470. The van der Waals surface area contributed by atoms with Gasteiger partial charge < -0.3 is 14.6 Å². The van der Waals surface area contributed by atoms with Gasteiger partial charge in [0, 0.05) is 23.1 Å². The molecule has 0 aliphatic rings. The molecular weight excluding hydrogens is 430 g/mol. The van der Waals surface area contributed by atoms with Crippen LogP contribution in [0.15, 0.2) is 65.6 Å². The van der Waals surface area contributed by atoms with Gasteiger partial charge in [-0.15, -0.1) is 0 Å². The molecule has 2 aromatic heterocycles. The maximum atomic E-state index is 13.3. The molecule has 7 heteroatoms. The van der Waals surface area contributed by atoms with Gasteiger partial charge in [-0.3, -0.25) is 14.4 Å². The van der Waals surface area contributed by atoms with E-state index in [1.54, 1.807) is 47.9 Å². The molecule has 0 fully saturated rings. The summed E-state index contributed by atoms with van der Waals surface area (Å²) in [6.45, 7) is 5.54. The number of nitrogens with one attached hydrogen (secondary N) is 1. The van der Waals surface area contributed by atoms with Crippen molar-refractivity contribution in [2.45, 2.75) is 27.3 Å². The Balaban J connectivity index is 1.78. The molecule has 2 heterocycles. The predicted octanol–water partition coefficient (Wildman–Crippen LogP) is 4.20. The smallest absolute Gasteiger partial charge is 0.244 e. The highest BCUT2D eigenvalue weighted by atomic mass is 16.5. The average Bonchev–Trinajstić information content (AvgIpc) is 2.83. The van der Waals surface area contributed by atoms with Crippen molar-refractivity contribution in [1.29, 1.82) is 0 Å². The van der Waals surface area contributed by atoms with Crippen LogP contribution in [0.3, 0.4) is 0 Å². The van der Waals surface area contributed by atoms with Crippen LogP contribution < -0.4 is 15.5 Å². The Kier molecular flexibility index (Phi) is 6.27. The summed E-state index contributed by atoms with van der Waals surface area (Å²) in [5.41, 5.74) is 3.54. The number of methoxy groups -OCH3 is 1. The minimum Gasteiger partial charge on any atom is -0.497 e. The first-order chi connectivity index (χ1) is 16.3. The highest BCUT2D eigenvalue weighted by Crippen LogP contribution is 2.20. The number of hydrogen-bond acceptors (Lipinski definition) is 5. The first-order valence-corrected chi connectivity index (χ1v) is 10.8. The van der Waals surface area contributed by atoms with E-state index in [-0.39, 0.29) is 23.4 Å². The Morgan fingerprint density at radius 3 is 2.41 bits per heavy atom. The van der Waals surface area contributed by atoms with Gasteiger partial charge in [0.25, 0.3) is 0 Å². The molecule has 0 atom stereocenters.